The molecule has 0 saturated carbocycles. The van der Waals surface area contributed by atoms with Crippen molar-refractivity contribution in [2.45, 2.75) is 101 Å². The first-order chi connectivity index (χ1) is 59.1. The van der Waals surface area contributed by atoms with Gasteiger partial charge in [0.15, 0.2) is 5.96 Å². The summed E-state index contributed by atoms with van der Waals surface area (Å²) in [7, 11) is 1.64. The van der Waals surface area contributed by atoms with E-state index in [1.807, 2.05) is 26.0 Å². The van der Waals surface area contributed by atoms with E-state index in [0.29, 0.717) is 166 Å². The average molecular weight is 1700 g/mol. The molecule has 5 atom stereocenters. The number of ether oxygens (including phenoxy) is 8. The van der Waals surface area contributed by atoms with Crippen molar-refractivity contribution < 1.29 is 90.9 Å². The van der Waals surface area contributed by atoms with E-state index in [0.717, 1.165) is 77.8 Å². The van der Waals surface area contributed by atoms with Crippen LogP contribution in [0, 0.1) is 19.3 Å². The van der Waals surface area contributed by atoms with Crippen molar-refractivity contribution in [3.8, 4) is 17.2 Å². The van der Waals surface area contributed by atoms with E-state index >= 15 is 0 Å². The smallest absolute Gasteiger partial charge is 0.305 e. The van der Waals surface area contributed by atoms with Crippen LogP contribution in [0.25, 0.3) is 10.8 Å². The first-order valence-electron chi connectivity index (χ1n) is 41.5. The maximum absolute atomic E-state index is 14.4. The Bertz CT molecular complexity index is 4570. The zero-order chi connectivity index (χ0) is 86.4. The predicted molar refractivity (Wildman–Crippen MR) is 460 cm³/mol. The third-order valence-corrected chi connectivity index (χ3v) is 22.7. The van der Waals surface area contributed by atoms with E-state index in [4.69, 9.17) is 49.0 Å². The van der Waals surface area contributed by atoms with E-state index in [-0.39, 0.29) is 82.2 Å². The molecule has 34 heteroatoms. The Hall–Kier alpha value is -11.6. The summed E-state index contributed by atoms with van der Waals surface area (Å²) in [6.45, 7) is 15.5. The second-order valence-electron chi connectivity index (χ2n) is 30.3. The maximum Gasteiger partial charge on any atom is 0.305 e. The highest BCUT2D eigenvalue weighted by molar-refractivity contribution is 8.00. The number of benzene rings is 6. The molecule has 3 saturated heterocycles. The molecule has 6 aromatic rings. The molecule has 0 aliphatic carbocycles. The molecule has 6 heterocycles. The minimum atomic E-state index is -1.51. The number of carboxylic acids is 1. The number of imide groups is 2. The van der Waals surface area contributed by atoms with Gasteiger partial charge in [-0.05, 0) is 128 Å². The monoisotopic (exact) mass is 1700 g/mol. The molecule has 654 valence electrons. The number of carbonyl (C=O) groups excluding carboxylic acids is 9. The number of hydrogen-bond acceptors (Lipinski definition) is 24. The molecule has 2 unspecified atom stereocenters. The predicted octanol–water partition coefficient (Wildman–Crippen LogP) is 4.33. The lowest BCUT2D eigenvalue weighted by molar-refractivity contribution is -0.140. The number of nitrogens with one attached hydrogen (secondary N) is 8. The van der Waals surface area contributed by atoms with E-state index in [1.165, 1.54) is 0 Å². The number of nitrogens with zero attached hydrogens (tertiary/aromatic N) is 5. The van der Waals surface area contributed by atoms with Crippen molar-refractivity contribution in [1.29, 1.82) is 5.41 Å². The number of hydrogen-bond donors (Lipinski definition) is 10. The molecule has 0 spiro atoms. The van der Waals surface area contributed by atoms with Crippen LogP contribution in [0.2, 0.25) is 0 Å². The minimum absolute atomic E-state index is 0.00511. The summed E-state index contributed by atoms with van der Waals surface area (Å²) in [5.41, 5.74) is 13.6. The van der Waals surface area contributed by atoms with Gasteiger partial charge in [0.05, 0.1) is 108 Å². The van der Waals surface area contributed by atoms with Crippen LogP contribution in [0.5, 0.6) is 17.2 Å². The fraction of sp³-hybridized carbons (Fsp3) is 0.466. The van der Waals surface area contributed by atoms with Crippen molar-refractivity contribution in [2.24, 2.45) is 5.73 Å². The van der Waals surface area contributed by atoms with Crippen LogP contribution in [0.15, 0.2) is 128 Å². The zero-order valence-electron chi connectivity index (χ0n) is 69.4. The van der Waals surface area contributed by atoms with Gasteiger partial charge in [-0.3, -0.25) is 63.2 Å². The van der Waals surface area contributed by atoms with Crippen molar-refractivity contribution in [2.75, 3.05) is 179 Å². The Morgan fingerprint density at radius 3 is 1.81 bits per heavy atom. The van der Waals surface area contributed by atoms with Gasteiger partial charge in [0.25, 0.3) is 11.8 Å². The first-order valence-corrected chi connectivity index (χ1v) is 42.5. The molecule has 6 aliphatic rings. The number of anilines is 3. The molecule has 122 heavy (non-hydrogen) atoms. The van der Waals surface area contributed by atoms with Gasteiger partial charge in [-0.1, -0.05) is 73.3 Å². The lowest BCUT2D eigenvalue weighted by atomic mass is 9.89. The number of thioether (sulfide) groups is 1. The highest BCUT2D eigenvalue weighted by Crippen LogP contribution is 2.37. The number of amides is 9. The average Bonchev–Trinajstić information content (AvgIpc) is 0.836. The number of aryl methyl sites for hydroxylation is 4. The molecule has 9 amide bonds. The summed E-state index contributed by atoms with van der Waals surface area (Å²) in [6.07, 6.45) is 0.636. The molecule has 0 aromatic heterocycles. The lowest BCUT2D eigenvalue weighted by Gasteiger charge is -2.30. The minimum Gasteiger partial charge on any atom is -0.490 e. The van der Waals surface area contributed by atoms with Gasteiger partial charge in [-0.25, -0.2) is 0 Å². The molecule has 0 radical (unpaired) electrons. The molecule has 12 rings (SSSR count). The summed E-state index contributed by atoms with van der Waals surface area (Å²) >= 11 is 0.872. The summed E-state index contributed by atoms with van der Waals surface area (Å²) in [5.74, 6) is -6.16. The third-order valence-electron chi connectivity index (χ3n) is 21.4. The number of fused-ring (bicyclic) bond motifs is 20. The van der Waals surface area contributed by atoms with Gasteiger partial charge in [-0.15, -0.1) is 11.8 Å². The highest BCUT2D eigenvalue weighted by atomic mass is 32.2. The SMILES string of the molecule is C=C1CNC(=O)[C@H](CCCNC(=N)N)NC(=O)C(CSC2CC(=O)N(CCC(=O)NCCN3C(=O)c4cccc5c(CCCc6ccc(N7CCOc8cc(C)ccc8N8CCOCCOCCN(CCOCCOCC8)c8ccc(C)cc8OCC7)c(OCCOC)c6)ccc(c45)C3=O)C2=O)NC(=O)[C@H](Cc2ccccc2)NC(=O)[C@@H](CC(=O)O)N1. The fourth-order valence-electron chi connectivity index (χ4n) is 15.1. The summed E-state index contributed by atoms with van der Waals surface area (Å²) in [5, 5.41) is 36.2. The van der Waals surface area contributed by atoms with Gasteiger partial charge in [-0.2, -0.15) is 0 Å². The molecular formula is C88H112N14O19S. The number of carbonyl (C=O) groups is 10. The van der Waals surface area contributed by atoms with Gasteiger partial charge in [0.1, 0.15) is 61.2 Å². The lowest BCUT2D eigenvalue weighted by Crippen LogP contribution is -2.58. The Labute approximate surface area is 713 Å². The molecular weight excluding hydrogens is 1590 g/mol. The van der Waals surface area contributed by atoms with Crippen molar-refractivity contribution in [3.63, 3.8) is 0 Å². The number of likely N-dealkylation sites (tertiary alicyclic amines) is 1. The number of carboxylic acid groups (broad SMARTS) is 1. The van der Waals surface area contributed by atoms with Crippen LogP contribution < -0.4 is 71.9 Å². The molecule has 2 bridgehead atoms. The van der Waals surface area contributed by atoms with Crippen molar-refractivity contribution >= 4 is 105 Å². The standard InChI is InChI=1S/C88H112N14O19S/c1-57-18-23-70-73(49-57)119-41-35-100(36-42-120-74-50-58(2)19-24-71(74)99-33-39-117-46-44-115-37-31-98(70)32-38-116-45-47-118-40-34-99)72-25-20-61(52-75(72)121-48-43-114-4)13-8-14-62-21-22-65-80-63(62)15-9-16-64(80)85(111)102(86(65)112)30-28-91-77(103)26-29-101-78(104)54-76(87(101)113)122-56-69-84(110)95-66(17-10-27-92-88(89)90)81(107)93-55-59(3)94-68(53-79(105)106)83(109)96-67(82(108)97-69)51-60-11-6-5-7-12-60/h5-7,9,11-12,15-16,18-25,49-50,52,66-69,76,94H,3,8,10,13-14,17,26-48,51,53-56H2,1-2,4H3,(H,91,103)(H,93,107)(H,95,110)(H,96,109)(H,97,108)(H,105,106)(H4,89,90,92)/t66-,67-,68+,69?,76?/m0/s1. The molecule has 6 aromatic carbocycles. The van der Waals surface area contributed by atoms with E-state index < -0.39 is 95.0 Å². The maximum atomic E-state index is 14.4. The second kappa shape index (κ2) is 45.9. The Balaban J connectivity index is 0.721. The third kappa shape index (κ3) is 26.0. The van der Waals surface area contributed by atoms with Crippen LogP contribution in [0.4, 0.5) is 17.1 Å². The van der Waals surface area contributed by atoms with Crippen LogP contribution in [-0.4, -0.2) is 274 Å². The first kappa shape index (κ1) is 91.2. The fourth-order valence-corrected chi connectivity index (χ4v) is 16.2. The summed E-state index contributed by atoms with van der Waals surface area (Å²) in [6, 6.07) is 30.8. The molecule has 3 fully saturated rings. The normalized spacial score (nSPS) is 19.9. The number of methoxy groups -OCH3 is 1. The van der Waals surface area contributed by atoms with Gasteiger partial charge in [0, 0.05) is 107 Å². The zero-order valence-corrected chi connectivity index (χ0v) is 70.2. The summed E-state index contributed by atoms with van der Waals surface area (Å²) in [4.78, 5) is 147. The number of nitrogens with two attached hydrogens (primary N) is 1. The Kier molecular flexibility index (Phi) is 34.3. The second-order valence-corrected chi connectivity index (χ2v) is 31.5. The molecule has 33 nitrogen and oxygen atoms in total. The van der Waals surface area contributed by atoms with Crippen LogP contribution in [-0.2, 0) is 81.3 Å². The topological polar surface area (TPSA) is 415 Å². The largest absolute Gasteiger partial charge is 0.490 e. The van der Waals surface area contributed by atoms with Gasteiger partial charge < -0.3 is 101 Å². The molecule has 11 N–H and O–H groups in total. The van der Waals surface area contributed by atoms with Gasteiger partial charge in [0.2, 0.25) is 41.4 Å². The Morgan fingerprint density at radius 1 is 0.590 bits per heavy atom. The highest BCUT2D eigenvalue weighted by Gasteiger charge is 2.41. The number of aliphatic carboxylic acids is 1. The van der Waals surface area contributed by atoms with Crippen LogP contribution in [0.3, 0.4) is 0 Å². The van der Waals surface area contributed by atoms with Crippen LogP contribution >= 0.6 is 11.8 Å². The Morgan fingerprint density at radius 2 is 1.18 bits per heavy atom. The quantitative estimate of drug-likeness (QED) is 0.0119. The van der Waals surface area contributed by atoms with Gasteiger partial charge >= 0.3 is 5.97 Å². The van der Waals surface area contributed by atoms with Crippen molar-refractivity contribution in [1.82, 2.24) is 47.0 Å². The van der Waals surface area contributed by atoms with Crippen LogP contribution in [0.1, 0.15) is 87.1 Å². The number of guanidine groups is 1. The summed E-state index contributed by atoms with van der Waals surface area (Å²) < 4.78 is 50.3. The van der Waals surface area contributed by atoms with Crippen molar-refractivity contribution in [3.05, 3.63) is 166 Å². The van der Waals surface area contributed by atoms with E-state index in [2.05, 4.69) is 113 Å². The van der Waals surface area contributed by atoms with E-state index in [9.17, 15) is 53.1 Å². The van der Waals surface area contributed by atoms with E-state index in [1.54, 1.807) is 55.6 Å². The molecule has 6 aliphatic heterocycles. The number of rotatable bonds is 26.